The van der Waals surface area contributed by atoms with Gasteiger partial charge in [0, 0.05) is 56.0 Å². The number of aromatic nitrogens is 2. The number of rotatable bonds is 3. The van der Waals surface area contributed by atoms with E-state index in [0.717, 1.165) is 50.8 Å². The number of benzene rings is 2. The van der Waals surface area contributed by atoms with Crippen LogP contribution in [0.4, 0.5) is 4.79 Å². The van der Waals surface area contributed by atoms with Crippen molar-refractivity contribution in [1.29, 1.82) is 0 Å². The maximum atomic E-state index is 13.9. The first-order chi connectivity index (χ1) is 18.6. The third-order valence-corrected chi connectivity index (χ3v) is 8.53. The summed E-state index contributed by atoms with van der Waals surface area (Å²) in [4.78, 5) is 35.7. The first kappa shape index (κ1) is 24.6. The van der Waals surface area contributed by atoms with Crippen LogP contribution in [0.3, 0.4) is 0 Å². The van der Waals surface area contributed by atoms with Crippen molar-refractivity contribution in [2.24, 2.45) is 5.41 Å². The number of carbonyl (C=O) groups excluding carboxylic acids is 1. The van der Waals surface area contributed by atoms with Crippen LogP contribution in [0, 0.1) is 5.41 Å². The van der Waals surface area contributed by atoms with Crippen molar-refractivity contribution in [3.05, 3.63) is 94.5 Å². The molecule has 1 N–H and O–H groups in total. The quantitative estimate of drug-likeness (QED) is 0.552. The molecule has 38 heavy (non-hydrogen) atoms. The molecular formula is C31H35N5O2. The van der Waals surface area contributed by atoms with Crippen LogP contribution in [0.15, 0.2) is 83.4 Å². The molecule has 3 fully saturated rings. The topological polar surface area (TPSA) is 70.5 Å². The molecule has 3 aliphatic rings. The predicted octanol–water partition coefficient (Wildman–Crippen LogP) is 4.78. The molecule has 0 unspecified atom stereocenters. The van der Waals surface area contributed by atoms with E-state index in [0.29, 0.717) is 25.3 Å². The molecule has 1 aromatic heterocycles. The largest absolute Gasteiger partial charge is 0.323 e. The van der Waals surface area contributed by atoms with Crippen molar-refractivity contribution in [1.82, 2.24) is 24.7 Å². The van der Waals surface area contributed by atoms with Crippen molar-refractivity contribution in [3.63, 3.8) is 0 Å². The highest BCUT2D eigenvalue weighted by Crippen LogP contribution is 2.48. The molecule has 3 aromatic rings. The van der Waals surface area contributed by atoms with Crippen LogP contribution in [-0.2, 0) is 0 Å². The summed E-state index contributed by atoms with van der Waals surface area (Å²) in [7, 11) is 0. The Morgan fingerprint density at radius 2 is 1.74 bits per heavy atom. The molecule has 3 heterocycles. The average molecular weight is 510 g/mol. The number of piperidine rings is 1. The summed E-state index contributed by atoms with van der Waals surface area (Å²) in [6.45, 7) is 3.68. The molecule has 196 valence electrons. The molecule has 2 saturated heterocycles. The van der Waals surface area contributed by atoms with Crippen molar-refractivity contribution in [3.8, 4) is 11.3 Å². The van der Waals surface area contributed by atoms with Gasteiger partial charge < -0.3 is 15.1 Å². The first-order valence-corrected chi connectivity index (χ1v) is 13.8. The summed E-state index contributed by atoms with van der Waals surface area (Å²) >= 11 is 0. The fourth-order valence-electron chi connectivity index (χ4n) is 6.49. The Balaban J connectivity index is 1.24. The Morgan fingerprint density at radius 1 is 1.00 bits per heavy atom. The van der Waals surface area contributed by atoms with Gasteiger partial charge in [0.1, 0.15) is 6.33 Å². The highest BCUT2D eigenvalue weighted by molar-refractivity contribution is 5.76. The van der Waals surface area contributed by atoms with Gasteiger partial charge in [0.05, 0.1) is 11.7 Å². The number of nitrogens with zero attached hydrogens (tertiary/aromatic N) is 4. The van der Waals surface area contributed by atoms with Crippen molar-refractivity contribution in [2.45, 2.75) is 38.1 Å². The zero-order chi connectivity index (χ0) is 26.0. The number of amides is 2. The van der Waals surface area contributed by atoms with E-state index in [-0.39, 0.29) is 23.0 Å². The molecule has 6 rings (SSSR count). The van der Waals surface area contributed by atoms with Gasteiger partial charge in [0.15, 0.2) is 0 Å². The lowest BCUT2D eigenvalue weighted by atomic mass is 9.74. The summed E-state index contributed by atoms with van der Waals surface area (Å²) < 4.78 is 1.63. The lowest BCUT2D eigenvalue weighted by Gasteiger charge is -2.46. The summed E-state index contributed by atoms with van der Waals surface area (Å²) in [5.74, 6) is 0. The highest BCUT2D eigenvalue weighted by atomic mass is 16.2. The molecule has 1 spiro atoms. The predicted molar refractivity (Wildman–Crippen MR) is 149 cm³/mol. The molecule has 0 bridgehead atoms. The van der Waals surface area contributed by atoms with Crippen molar-refractivity contribution in [2.75, 3.05) is 32.7 Å². The highest BCUT2D eigenvalue weighted by Gasteiger charge is 2.44. The second-order valence-electron chi connectivity index (χ2n) is 10.8. The van der Waals surface area contributed by atoms with Crippen molar-refractivity contribution < 1.29 is 4.79 Å². The minimum absolute atomic E-state index is 0.0432. The van der Waals surface area contributed by atoms with Gasteiger partial charge in [-0.3, -0.25) is 9.36 Å². The zero-order valence-corrected chi connectivity index (χ0v) is 21.8. The fourth-order valence-corrected chi connectivity index (χ4v) is 6.49. The maximum Gasteiger partial charge on any atom is 0.320 e. The van der Waals surface area contributed by atoms with E-state index in [1.165, 1.54) is 11.1 Å². The third kappa shape index (κ3) is 4.78. The normalized spacial score (nSPS) is 22.2. The Bertz CT molecular complexity index is 1360. The summed E-state index contributed by atoms with van der Waals surface area (Å²) in [6, 6.07) is 21.9. The third-order valence-electron chi connectivity index (χ3n) is 8.53. The fraction of sp³-hybridized carbons (Fsp3) is 0.387. The minimum atomic E-state index is -0.0791. The lowest BCUT2D eigenvalue weighted by Crippen LogP contribution is -2.56. The van der Waals surface area contributed by atoms with Crippen LogP contribution in [-0.4, -0.2) is 58.1 Å². The standard InChI is InChI=1S/C31H35N5O2/c37-29-19-27(24-9-3-1-4-10-24)33-23-35(29)21-26-13-17-34(22-31(26)14-7-8-15-31)30(38)36-18-16-32-20-28(36)25-11-5-2-6-12-25/h1-6,9-12,19,21,23,28,32H,7-8,13-18,20,22H2/b26-21-/t28-/m0/s1. The molecular weight excluding hydrogens is 474 g/mol. The van der Waals surface area contributed by atoms with Crippen LogP contribution in [0.2, 0.25) is 0 Å². The van der Waals surface area contributed by atoms with E-state index in [9.17, 15) is 9.59 Å². The Hall–Kier alpha value is -3.71. The Morgan fingerprint density at radius 3 is 2.47 bits per heavy atom. The molecule has 1 atom stereocenters. The monoisotopic (exact) mass is 509 g/mol. The smallest absolute Gasteiger partial charge is 0.320 e. The van der Waals surface area contributed by atoms with Crippen LogP contribution < -0.4 is 10.9 Å². The molecule has 2 aliphatic heterocycles. The van der Waals surface area contributed by atoms with Gasteiger partial charge in [-0.1, -0.05) is 73.5 Å². The van der Waals surface area contributed by atoms with Crippen LogP contribution in [0.1, 0.15) is 43.7 Å². The SMILES string of the molecule is O=C(N1CC/C(=C/n2cnc(-c3ccccc3)cc2=O)C2(CCCC2)C1)N1CCNC[C@H]1c1ccccc1. The average Bonchev–Trinajstić information content (AvgIpc) is 3.44. The summed E-state index contributed by atoms with van der Waals surface area (Å²) in [5.41, 5.74) is 3.92. The van der Waals surface area contributed by atoms with Gasteiger partial charge in [-0.15, -0.1) is 0 Å². The molecule has 2 aromatic carbocycles. The molecule has 7 nitrogen and oxygen atoms in total. The number of urea groups is 1. The van der Waals surface area contributed by atoms with E-state index in [2.05, 4.69) is 32.2 Å². The van der Waals surface area contributed by atoms with E-state index >= 15 is 0 Å². The number of nitrogens with one attached hydrogen (secondary N) is 1. The Labute approximate surface area is 223 Å². The maximum absolute atomic E-state index is 13.9. The van der Waals surface area contributed by atoms with Crippen molar-refractivity contribution >= 4 is 12.2 Å². The second-order valence-corrected chi connectivity index (χ2v) is 10.8. The zero-order valence-electron chi connectivity index (χ0n) is 21.8. The molecule has 1 aliphatic carbocycles. The summed E-state index contributed by atoms with van der Waals surface area (Å²) in [5, 5.41) is 3.46. The van der Waals surface area contributed by atoms with E-state index in [4.69, 9.17) is 0 Å². The number of likely N-dealkylation sites (tertiary alicyclic amines) is 1. The van der Waals surface area contributed by atoms with Gasteiger partial charge in [0.2, 0.25) is 0 Å². The molecule has 2 amide bonds. The Kier molecular flexibility index (Phi) is 6.85. The van der Waals surface area contributed by atoms with E-state index in [1.807, 2.05) is 54.7 Å². The lowest BCUT2D eigenvalue weighted by molar-refractivity contribution is 0.0944. The second kappa shape index (κ2) is 10.6. The van der Waals surface area contributed by atoms with E-state index < -0.39 is 0 Å². The first-order valence-electron chi connectivity index (χ1n) is 13.8. The molecule has 1 saturated carbocycles. The van der Waals surface area contributed by atoms with Gasteiger partial charge in [0.25, 0.3) is 5.56 Å². The van der Waals surface area contributed by atoms with Gasteiger partial charge in [-0.2, -0.15) is 0 Å². The number of hydrogen-bond donors (Lipinski definition) is 1. The van der Waals surface area contributed by atoms with Crippen LogP contribution >= 0.6 is 0 Å². The minimum Gasteiger partial charge on any atom is -0.323 e. The van der Waals surface area contributed by atoms with E-state index in [1.54, 1.807) is 17.0 Å². The molecule has 7 heteroatoms. The van der Waals surface area contributed by atoms with Gasteiger partial charge in [-0.25, -0.2) is 9.78 Å². The van der Waals surface area contributed by atoms with Gasteiger partial charge in [-0.05, 0) is 30.4 Å². The number of carbonyl (C=O) groups is 1. The van der Waals surface area contributed by atoms with Crippen LogP contribution in [0.25, 0.3) is 17.5 Å². The van der Waals surface area contributed by atoms with Crippen LogP contribution in [0.5, 0.6) is 0 Å². The van der Waals surface area contributed by atoms with Gasteiger partial charge >= 0.3 is 6.03 Å². The summed E-state index contributed by atoms with van der Waals surface area (Å²) in [6.07, 6.45) is 8.84. The number of piperazine rings is 1. The molecule has 0 radical (unpaired) electrons. The number of hydrogen-bond acceptors (Lipinski definition) is 4.